The number of ether oxygens (including phenoxy) is 8. The van der Waals surface area contributed by atoms with Crippen LogP contribution in [0.25, 0.3) is 33.4 Å². The third-order valence-corrected chi connectivity index (χ3v) is 28.4. The van der Waals surface area contributed by atoms with Crippen molar-refractivity contribution in [2.24, 2.45) is 10.7 Å². The predicted octanol–water partition coefficient (Wildman–Crippen LogP) is 14.8. The number of nitrogens with zero attached hydrogens (tertiary/aromatic N) is 11. The van der Waals surface area contributed by atoms with Crippen LogP contribution in [0.4, 0.5) is 21.2 Å². The molecule has 2 aliphatic carbocycles. The summed E-state index contributed by atoms with van der Waals surface area (Å²) < 4.78 is 90.0. The summed E-state index contributed by atoms with van der Waals surface area (Å²) in [6.45, 7) is 8.50. The molecule has 3 aromatic heterocycles. The van der Waals surface area contributed by atoms with Crippen molar-refractivity contribution in [2.45, 2.75) is 158 Å². The Morgan fingerprint density at radius 3 is 1.73 bits per heavy atom. The fourth-order valence-electron chi connectivity index (χ4n) is 18.1. The SMILES string of the molecule is COc1ccc(C(OC[C@H]2O[C@@H](n3cnc4c(NC(=O)c5ccc(CNC(=O)COC(O)CCCN(C)C(=O)OCC6c7ccccc7-c7ccccc76)cc5)ncnc43)CC2OP(OCCC#N)OC[C@H]2O[C@@H](n3cnc4c3N=C(NC(=O)CCCN(C)C(=O)OCC3c5ccccc5-c5ccccc53)NC4O)CC2OP(OCCN)N(C(C)C)C(C)C)(c2ccccc2)c2ccc(OC)cc2)cc1. The van der Waals surface area contributed by atoms with E-state index in [4.69, 9.17) is 81.2 Å². The molecular weight excluding hydrogens is 1830 g/mol. The molecule has 6 heterocycles. The number of hydrogen-bond donors (Lipinski definition) is 7. The van der Waals surface area contributed by atoms with Crippen molar-refractivity contribution in [3.63, 3.8) is 0 Å². The normalized spacial score (nSPS) is 18.1. The first-order chi connectivity index (χ1) is 68.1. The number of carbonyl (C=O) groups excluding carboxylic acids is 5. The van der Waals surface area contributed by atoms with Gasteiger partial charge in [0, 0.05) is 89.0 Å². The Balaban J connectivity index is 0.600. The van der Waals surface area contributed by atoms with Crippen molar-refractivity contribution in [1.82, 2.24) is 59.5 Å². The Morgan fingerprint density at radius 1 is 0.614 bits per heavy atom. The molecule has 0 spiro atoms. The van der Waals surface area contributed by atoms with Gasteiger partial charge >= 0.3 is 20.8 Å². The van der Waals surface area contributed by atoms with Crippen LogP contribution < -0.4 is 36.5 Å². The van der Waals surface area contributed by atoms with E-state index in [1.165, 1.54) is 28.8 Å². The molecule has 36 nitrogen and oxygen atoms in total. The van der Waals surface area contributed by atoms with Crippen LogP contribution in [-0.2, 0) is 72.8 Å². The van der Waals surface area contributed by atoms with Crippen LogP contribution in [-0.4, -0.2) is 227 Å². The summed E-state index contributed by atoms with van der Waals surface area (Å²) in [5.74, 6) is -0.209. The maximum atomic E-state index is 14.2. The lowest BCUT2D eigenvalue weighted by atomic mass is 9.80. The lowest BCUT2D eigenvalue weighted by molar-refractivity contribution is -0.142. The van der Waals surface area contributed by atoms with Crippen LogP contribution in [0.1, 0.15) is 164 Å². The van der Waals surface area contributed by atoms with E-state index in [9.17, 15) is 39.4 Å². The zero-order valence-corrected chi connectivity index (χ0v) is 80.9. The molecule has 0 saturated carbocycles. The Kier molecular flexibility index (Phi) is 33.8. The van der Waals surface area contributed by atoms with E-state index in [0.29, 0.717) is 23.5 Å². The largest absolute Gasteiger partial charge is 0.497 e. The van der Waals surface area contributed by atoms with Crippen molar-refractivity contribution in [3.05, 3.63) is 275 Å². The highest BCUT2D eigenvalue weighted by Gasteiger charge is 2.48. The molecule has 140 heavy (non-hydrogen) atoms. The zero-order valence-electron chi connectivity index (χ0n) is 79.1. The van der Waals surface area contributed by atoms with Crippen molar-refractivity contribution in [3.8, 4) is 39.8 Å². The maximum Gasteiger partial charge on any atom is 0.409 e. The third kappa shape index (κ3) is 23.5. The molecule has 2 saturated heterocycles. The molecule has 38 heteroatoms. The van der Waals surface area contributed by atoms with Gasteiger partial charge in [0.25, 0.3) is 14.4 Å². The second-order valence-corrected chi connectivity index (χ2v) is 37.5. The smallest absolute Gasteiger partial charge is 0.409 e. The number of aliphatic hydroxyl groups is 2. The first-order valence-electron chi connectivity index (χ1n) is 46.7. The molecule has 8 N–H and O–H groups in total. The lowest BCUT2D eigenvalue weighted by Gasteiger charge is -2.37. The van der Waals surface area contributed by atoms with Gasteiger partial charge in [-0.05, 0) is 150 Å². The number of carbonyl (C=O) groups is 5. The number of aliphatic hydroxyl groups excluding tert-OH is 2. The van der Waals surface area contributed by atoms with Crippen LogP contribution in [0.5, 0.6) is 11.5 Å². The summed E-state index contributed by atoms with van der Waals surface area (Å²) >= 11 is 0. The minimum atomic E-state index is -2.48. The van der Waals surface area contributed by atoms with Gasteiger partial charge in [0.05, 0.1) is 78.0 Å². The fourth-order valence-corrected chi connectivity index (χ4v) is 21.0. The quantitative estimate of drug-likeness (QED) is 0.00806. The molecular formula is C102H116N16O20P2. The van der Waals surface area contributed by atoms with Gasteiger partial charge in [-0.3, -0.25) is 28.8 Å². The number of amides is 5. The average molecular weight is 1950 g/mol. The molecule has 734 valence electrons. The highest BCUT2D eigenvalue weighted by Crippen LogP contribution is 2.54. The molecule has 3 aliphatic heterocycles. The van der Waals surface area contributed by atoms with E-state index >= 15 is 0 Å². The topological polar surface area (TPSA) is 427 Å². The Hall–Kier alpha value is -12.6. The summed E-state index contributed by atoms with van der Waals surface area (Å²) in [5.41, 5.74) is 17.5. The number of rotatable bonds is 45. The lowest BCUT2D eigenvalue weighted by Crippen LogP contribution is -2.44. The Labute approximate surface area is 814 Å². The average Bonchev–Trinajstić information content (AvgIpc) is 1.10. The van der Waals surface area contributed by atoms with Gasteiger partial charge in [0.1, 0.15) is 73.6 Å². The summed E-state index contributed by atoms with van der Waals surface area (Å²) in [7, 11) is 2.13. The second-order valence-electron chi connectivity index (χ2n) is 34.9. The number of anilines is 1. The van der Waals surface area contributed by atoms with Gasteiger partial charge in [-0.25, -0.2) is 34.2 Å². The van der Waals surface area contributed by atoms with Crippen LogP contribution in [0.2, 0.25) is 0 Å². The number of guanidine groups is 1. The molecule has 5 amide bonds. The number of aliphatic imine (C=N–C) groups is 1. The molecule has 10 atom stereocenters. The minimum absolute atomic E-state index is 0.0159. The predicted molar refractivity (Wildman–Crippen MR) is 521 cm³/mol. The van der Waals surface area contributed by atoms with Crippen molar-refractivity contribution >= 4 is 75.8 Å². The zero-order chi connectivity index (χ0) is 97.9. The van der Waals surface area contributed by atoms with Gasteiger partial charge in [-0.15, -0.1) is 0 Å². The summed E-state index contributed by atoms with van der Waals surface area (Å²) in [5, 5.41) is 43.7. The maximum absolute atomic E-state index is 14.2. The first kappa shape index (κ1) is 100. The highest BCUT2D eigenvalue weighted by molar-refractivity contribution is 7.44. The van der Waals surface area contributed by atoms with E-state index in [2.05, 4.69) is 90.5 Å². The van der Waals surface area contributed by atoms with Crippen molar-refractivity contribution < 1.29 is 94.7 Å². The van der Waals surface area contributed by atoms with Gasteiger partial charge in [0.2, 0.25) is 17.8 Å². The standard InChI is InChI=1S/C102H116N16O20P2/c1-64(2)118(65(3)4)139(132-52-48-104)137-83-53-90(117-63-109-93-96(117)112-99(113-98(93)123)110-87(119)33-20-49-114(5)100(124)129-56-81-77-29-16-12-25-73(77)74-26-13-17-30-78(74)81)136-86(83)59-134-140(133-51-22-47-103)138-84-54-89(135-85(84)58-131-102(68-23-10-9-11-24-68,69-39-43-71(126-7)44-40-69)70-41-45-72(127-8)46-42-70)116-62-108-92-94(106-61-107-95(92)116)111-97(122)67-37-35-66(36-38-67)55-105-88(120)60-128-91(121)34-21-50-115(6)101(125)130-57-82-79-31-18-14-27-75(79)76-28-15-19-32-80(76)82/h9-19,23-32,35-46,61-65,81-86,89-91,98,121,123H,20-22,33-34,48-60,104H2,1-8H3,(H,105,120)(H,106,107,111,122)(H2,110,112,113,119)/t83?,84?,85-,86-,89-,90-,91?,98?,139?,140?/m1/s1. The highest BCUT2D eigenvalue weighted by atomic mass is 31.2. The van der Waals surface area contributed by atoms with Crippen molar-refractivity contribution in [2.75, 3.05) is 99.5 Å². The van der Waals surface area contributed by atoms with E-state index in [1.54, 1.807) is 61.7 Å². The summed E-state index contributed by atoms with van der Waals surface area (Å²) in [4.78, 5) is 93.8. The van der Waals surface area contributed by atoms with Gasteiger partial charge in [0.15, 0.2) is 35.3 Å². The number of methoxy groups -OCH3 is 2. The number of nitrogens with two attached hydrogens (primary N) is 1. The first-order valence-corrected chi connectivity index (χ1v) is 48.9. The fraction of sp³-hybridized carbons (Fsp3) is 0.382. The minimum Gasteiger partial charge on any atom is -0.497 e. The molecule has 0 bridgehead atoms. The number of fused-ring (bicyclic) bond motifs is 8. The van der Waals surface area contributed by atoms with Crippen LogP contribution in [0.3, 0.4) is 0 Å². The number of nitriles is 1. The molecule has 6 unspecified atom stereocenters. The van der Waals surface area contributed by atoms with E-state index < -0.39 is 109 Å². The Bertz CT molecular complexity index is 6010. The van der Waals surface area contributed by atoms with Gasteiger partial charge in [-0.1, -0.05) is 164 Å². The number of imidazole rings is 2. The summed E-state index contributed by atoms with van der Waals surface area (Å²) in [6, 6.07) is 66.1. The molecule has 16 rings (SSSR count). The molecule has 11 aromatic rings. The second kappa shape index (κ2) is 47.1. The van der Waals surface area contributed by atoms with Crippen LogP contribution in [0, 0.1) is 11.3 Å². The molecule has 8 aromatic carbocycles. The van der Waals surface area contributed by atoms with E-state index in [1.807, 2.05) is 155 Å². The van der Waals surface area contributed by atoms with Crippen LogP contribution in [0.15, 0.2) is 224 Å². The summed E-state index contributed by atoms with van der Waals surface area (Å²) in [6.07, 6.45) is -3.85. The number of nitrogens with one attached hydrogen (secondary N) is 4. The number of benzene rings is 8. The molecule has 5 aliphatic rings. The molecule has 0 radical (unpaired) electrons. The molecule has 2 fully saturated rings. The van der Waals surface area contributed by atoms with Gasteiger partial charge in [-0.2, -0.15) is 10.3 Å². The number of hydrogen-bond acceptors (Lipinski definition) is 29. The Morgan fingerprint density at radius 2 is 1.16 bits per heavy atom. The van der Waals surface area contributed by atoms with Gasteiger partial charge < -0.3 is 102 Å². The number of aromatic nitrogens is 6. The van der Waals surface area contributed by atoms with E-state index in [-0.39, 0.29) is 168 Å². The monoisotopic (exact) mass is 1950 g/mol. The third-order valence-electron chi connectivity index (χ3n) is 25.0. The van der Waals surface area contributed by atoms with Crippen LogP contribution >= 0.6 is 17.1 Å². The van der Waals surface area contributed by atoms with E-state index in [0.717, 1.165) is 61.2 Å². The van der Waals surface area contributed by atoms with Crippen molar-refractivity contribution in [1.29, 1.82) is 5.26 Å².